The van der Waals surface area contributed by atoms with E-state index in [0.29, 0.717) is 0 Å². The second-order valence-electron chi connectivity index (χ2n) is 4.88. The number of rotatable bonds is 3. The fraction of sp³-hybridized carbons (Fsp3) is 0.462. The number of anilines is 1. The van der Waals surface area contributed by atoms with Gasteiger partial charge in [0.15, 0.2) is 5.69 Å². The van der Waals surface area contributed by atoms with E-state index in [1.165, 1.54) is 12.3 Å². The summed E-state index contributed by atoms with van der Waals surface area (Å²) in [7, 11) is 2.05. The lowest BCUT2D eigenvalue weighted by Crippen LogP contribution is -2.45. The van der Waals surface area contributed by atoms with Crippen LogP contribution in [0.15, 0.2) is 18.3 Å². The van der Waals surface area contributed by atoms with Crippen LogP contribution < -0.4 is 10.6 Å². The fourth-order valence-electron chi connectivity index (χ4n) is 2.17. The summed E-state index contributed by atoms with van der Waals surface area (Å²) in [6.07, 6.45) is 3.16. The number of hydrogen-bond donors (Lipinski definition) is 3. The molecule has 108 valence electrons. The van der Waals surface area contributed by atoms with Crippen molar-refractivity contribution in [1.29, 1.82) is 0 Å². The molecule has 0 aromatic carbocycles. The lowest BCUT2D eigenvalue weighted by Gasteiger charge is -2.29. The van der Waals surface area contributed by atoms with Crippen molar-refractivity contribution in [3.05, 3.63) is 24.0 Å². The van der Waals surface area contributed by atoms with Gasteiger partial charge < -0.3 is 20.6 Å². The fourth-order valence-corrected chi connectivity index (χ4v) is 2.17. The SMILES string of the molecule is CN1CCC(NC(=O)Nc2cccnc2C(=O)O)CC1. The monoisotopic (exact) mass is 278 g/mol. The van der Waals surface area contributed by atoms with Gasteiger partial charge in [-0.2, -0.15) is 0 Å². The topological polar surface area (TPSA) is 94.6 Å². The minimum atomic E-state index is -1.17. The first-order valence-corrected chi connectivity index (χ1v) is 6.50. The molecule has 1 aliphatic rings. The summed E-state index contributed by atoms with van der Waals surface area (Å²) in [6.45, 7) is 1.89. The van der Waals surface area contributed by atoms with Crippen LogP contribution in [0.1, 0.15) is 23.3 Å². The summed E-state index contributed by atoms with van der Waals surface area (Å²) in [6, 6.07) is 2.83. The van der Waals surface area contributed by atoms with Crippen LogP contribution in [0.4, 0.5) is 10.5 Å². The molecule has 0 radical (unpaired) electrons. The number of likely N-dealkylation sites (tertiary alicyclic amines) is 1. The van der Waals surface area contributed by atoms with Gasteiger partial charge in [-0.3, -0.25) is 0 Å². The van der Waals surface area contributed by atoms with E-state index in [2.05, 4.69) is 20.5 Å². The summed E-state index contributed by atoms with van der Waals surface area (Å²) in [5.74, 6) is -1.17. The third-order valence-corrected chi connectivity index (χ3v) is 3.31. The van der Waals surface area contributed by atoms with Gasteiger partial charge in [0.05, 0.1) is 5.69 Å². The van der Waals surface area contributed by atoms with Crippen molar-refractivity contribution in [3.63, 3.8) is 0 Å². The number of amides is 2. The highest BCUT2D eigenvalue weighted by Gasteiger charge is 2.19. The second kappa shape index (κ2) is 6.33. The molecule has 7 heteroatoms. The van der Waals surface area contributed by atoms with E-state index >= 15 is 0 Å². The molecule has 1 fully saturated rings. The van der Waals surface area contributed by atoms with Gasteiger partial charge in [-0.15, -0.1) is 0 Å². The van der Waals surface area contributed by atoms with Crippen LogP contribution in [0.5, 0.6) is 0 Å². The van der Waals surface area contributed by atoms with Gasteiger partial charge in [0.2, 0.25) is 0 Å². The highest BCUT2D eigenvalue weighted by atomic mass is 16.4. The van der Waals surface area contributed by atoms with E-state index in [9.17, 15) is 9.59 Å². The molecule has 0 aliphatic carbocycles. The van der Waals surface area contributed by atoms with Crippen LogP contribution >= 0.6 is 0 Å². The number of aromatic nitrogens is 1. The van der Waals surface area contributed by atoms with Gasteiger partial charge in [-0.25, -0.2) is 14.6 Å². The van der Waals surface area contributed by atoms with Crippen molar-refractivity contribution in [2.24, 2.45) is 0 Å². The molecule has 0 unspecified atom stereocenters. The summed E-state index contributed by atoms with van der Waals surface area (Å²) in [5, 5.41) is 14.4. The lowest BCUT2D eigenvalue weighted by molar-refractivity contribution is 0.0692. The van der Waals surface area contributed by atoms with Crippen molar-refractivity contribution in [2.75, 3.05) is 25.5 Å². The molecular weight excluding hydrogens is 260 g/mol. The van der Waals surface area contributed by atoms with E-state index in [1.54, 1.807) is 6.07 Å². The zero-order valence-electron chi connectivity index (χ0n) is 11.3. The molecule has 7 nitrogen and oxygen atoms in total. The molecule has 2 rings (SSSR count). The number of piperidine rings is 1. The Morgan fingerprint density at radius 2 is 2.10 bits per heavy atom. The van der Waals surface area contributed by atoms with E-state index < -0.39 is 12.0 Å². The molecule has 1 aromatic heterocycles. The first-order chi connectivity index (χ1) is 9.56. The van der Waals surface area contributed by atoms with Crippen molar-refractivity contribution >= 4 is 17.7 Å². The summed E-state index contributed by atoms with van der Waals surface area (Å²) in [5.41, 5.74) is 0.0384. The van der Waals surface area contributed by atoms with Gasteiger partial charge in [0.1, 0.15) is 0 Å². The van der Waals surface area contributed by atoms with Gasteiger partial charge in [0.25, 0.3) is 0 Å². The molecule has 0 atom stereocenters. The molecule has 2 heterocycles. The number of pyridine rings is 1. The maximum Gasteiger partial charge on any atom is 0.356 e. The summed E-state index contributed by atoms with van der Waals surface area (Å²) < 4.78 is 0. The van der Waals surface area contributed by atoms with Gasteiger partial charge in [-0.1, -0.05) is 0 Å². The van der Waals surface area contributed by atoms with Crippen LogP contribution in [0, 0.1) is 0 Å². The Morgan fingerprint density at radius 1 is 1.40 bits per heavy atom. The molecule has 2 amide bonds. The lowest BCUT2D eigenvalue weighted by atomic mass is 10.1. The zero-order valence-corrected chi connectivity index (χ0v) is 11.3. The summed E-state index contributed by atoms with van der Waals surface area (Å²) in [4.78, 5) is 28.8. The Morgan fingerprint density at radius 3 is 2.75 bits per heavy atom. The average molecular weight is 278 g/mol. The predicted octanol–water partition coefficient (Wildman–Crippen LogP) is 0.996. The van der Waals surface area contributed by atoms with E-state index in [-0.39, 0.29) is 17.4 Å². The smallest absolute Gasteiger partial charge is 0.356 e. The van der Waals surface area contributed by atoms with Crippen LogP contribution in [-0.2, 0) is 0 Å². The molecule has 3 N–H and O–H groups in total. The maximum absolute atomic E-state index is 11.9. The number of nitrogens with one attached hydrogen (secondary N) is 2. The number of carbonyl (C=O) groups excluding carboxylic acids is 1. The standard InChI is InChI=1S/C13H18N4O3/c1-17-7-4-9(5-8-17)15-13(20)16-10-3-2-6-14-11(10)12(18)19/h2-3,6,9H,4-5,7-8H2,1H3,(H,18,19)(H2,15,16,20). The highest BCUT2D eigenvalue weighted by Crippen LogP contribution is 2.13. The number of hydrogen-bond acceptors (Lipinski definition) is 4. The average Bonchev–Trinajstić information content (AvgIpc) is 2.41. The van der Waals surface area contributed by atoms with Gasteiger partial charge in [-0.05, 0) is 45.1 Å². The number of carbonyl (C=O) groups is 2. The first kappa shape index (κ1) is 14.3. The molecule has 1 aromatic rings. The molecule has 0 bridgehead atoms. The minimum absolute atomic E-state index is 0.121. The Kier molecular flexibility index (Phi) is 4.52. The van der Waals surface area contributed by atoms with Gasteiger partial charge in [0, 0.05) is 12.2 Å². The first-order valence-electron chi connectivity index (χ1n) is 6.50. The van der Waals surface area contributed by atoms with Crippen molar-refractivity contribution < 1.29 is 14.7 Å². The van der Waals surface area contributed by atoms with Crippen molar-refractivity contribution in [3.8, 4) is 0 Å². The minimum Gasteiger partial charge on any atom is -0.476 e. The van der Waals surface area contributed by atoms with E-state index in [1.807, 2.05) is 7.05 Å². The normalized spacial score (nSPS) is 16.6. The number of carboxylic acid groups (broad SMARTS) is 1. The molecular formula is C13H18N4O3. The summed E-state index contributed by atoms with van der Waals surface area (Å²) >= 11 is 0. The molecule has 20 heavy (non-hydrogen) atoms. The molecule has 0 saturated carbocycles. The van der Waals surface area contributed by atoms with E-state index in [0.717, 1.165) is 25.9 Å². The molecule has 0 spiro atoms. The number of carboxylic acids is 1. The Labute approximate surface area is 117 Å². The van der Waals surface area contributed by atoms with Gasteiger partial charge >= 0.3 is 12.0 Å². The van der Waals surface area contributed by atoms with Crippen molar-refractivity contribution in [1.82, 2.24) is 15.2 Å². The zero-order chi connectivity index (χ0) is 14.5. The quantitative estimate of drug-likeness (QED) is 0.766. The van der Waals surface area contributed by atoms with Crippen molar-refractivity contribution in [2.45, 2.75) is 18.9 Å². The Balaban J connectivity index is 1.93. The largest absolute Gasteiger partial charge is 0.476 e. The highest BCUT2D eigenvalue weighted by molar-refractivity contribution is 5.98. The Hall–Kier alpha value is -2.15. The Bertz CT molecular complexity index is 498. The number of aromatic carboxylic acids is 1. The number of urea groups is 1. The van der Waals surface area contributed by atoms with E-state index in [4.69, 9.17) is 5.11 Å². The van der Waals surface area contributed by atoms with Crippen LogP contribution in [0.25, 0.3) is 0 Å². The second-order valence-corrected chi connectivity index (χ2v) is 4.88. The van der Waals surface area contributed by atoms with Crippen LogP contribution in [0.3, 0.4) is 0 Å². The van der Waals surface area contributed by atoms with Crippen LogP contribution in [0.2, 0.25) is 0 Å². The van der Waals surface area contributed by atoms with Crippen LogP contribution in [-0.4, -0.2) is 53.2 Å². The predicted molar refractivity (Wildman–Crippen MR) is 73.9 cm³/mol. The third-order valence-electron chi connectivity index (χ3n) is 3.31. The third kappa shape index (κ3) is 3.67. The maximum atomic E-state index is 11.9. The number of nitrogens with zero attached hydrogens (tertiary/aromatic N) is 2. The molecule has 1 saturated heterocycles. The molecule has 1 aliphatic heterocycles.